The molecule has 0 bridgehead atoms. The summed E-state index contributed by atoms with van der Waals surface area (Å²) in [6.45, 7) is 0.350. The van der Waals surface area contributed by atoms with Crippen molar-refractivity contribution in [3.63, 3.8) is 0 Å². The van der Waals surface area contributed by atoms with E-state index in [0.717, 1.165) is 0 Å². The summed E-state index contributed by atoms with van der Waals surface area (Å²) in [6, 6.07) is -2.45. The first-order valence-electron chi connectivity index (χ1n) is 5.80. The molecular formula is C10H20N5NaO5. The van der Waals surface area contributed by atoms with Crippen LogP contribution < -0.4 is 22.5 Å². The predicted octanol–water partition coefficient (Wildman–Crippen LogP) is -3.20. The molecule has 2 atom stereocenters. The Morgan fingerprint density at radius 1 is 1.19 bits per heavy atom. The van der Waals surface area contributed by atoms with Crippen LogP contribution in [0.4, 0.5) is 0 Å². The zero-order valence-corrected chi connectivity index (χ0v) is 10.8. The number of carboxylic acids is 1. The van der Waals surface area contributed by atoms with Gasteiger partial charge < -0.3 is 32.4 Å². The molecule has 0 spiro atoms. The van der Waals surface area contributed by atoms with Crippen LogP contribution in [0.25, 0.3) is 0 Å². The number of carbonyl (C=O) groups excluding carboxylic acids is 2. The van der Waals surface area contributed by atoms with Crippen molar-refractivity contribution in [3.05, 3.63) is 0 Å². The molecule has 10 nitrogen and oxygen atoms in total. The van der Waals surface area contributed by atoms with Gasteiger partial charge in [-0.3, -0.25) is 10.2 Å². The third-order valence-electron chi connectivity index (χ3n) is 2.21. The SMILES string of the molecule is N=C(N)NCCC[C@H](N)C(=O)OC(=O)[C@@H](N)CC(=O)O.[NaH]. The fourth-order valence-corrected chi connectivity index (χ4v) is 1.18. The molecule has 0 aliphatic heterocycles. The summed E-state index contributed by atoms with van der Waals surface area (Å²) in [5.41, 5.74) is 15.8. The molecule has 0 aromatic carbocycles. The molecule has 0 aliphatic rings. The summed E-state index contributed by atoms with van der Waals surface area (Å²) in [4.78, 5) is 33.0. The maximum atomic E-state index is 11.4. The number of rotatable bonds is 8. The minimum atomic E-state index is -1.41. The van der Waals surface area contributed by atoms with Crippen molar-refractivity contribution in [2.45, 2.75) is 31.3 Å². The van der Waals surface area contributed by atoms with Crippen LogP contribution in [0.3, 0.4) is 0 Å². The van der Waals surface area contributed by atoms with E-state index in [-0.39, 0.29) is 41.9 Å². The third kappa shape index (κ3) is 11.2. The first-order chi connectivity index (χ1) is 9.23. The molecule has 11 heteroatoms. The topological polar surface area (TPSA) is 195 Å². The van der Waals surface area contributed by atoms with Crippen LogP contribution in [-0.4, -0.2) is 77.2 Å². The zero-order valence-electron chi connectivity index (χ0n) is 10.8. The molecule has 21 heavy (non-hydrogen) atoms. The number of carboxylic acid groups (broad SMARTS) is 1. The van der Waals surface area contributed by atoms with Gasteiger partial charge in [-0.15, -0.1) is 0 Å². The van der Waals surface area contributed by atoms with Crippen LogP contribution in [0.1, 0.15) is 19.3 Å². The molecule has 116 valence electrons. The van der Waals surface area contributed by atoms with Crippen molar-refractivity contribution in [1.82, 2.24) is 5.32 Å². The second-order valence-electron chi connectivity index (χ2n) is 4.03. The molecule has 0 saturated heterocycles. The van der Waals surface area contributed by atoms with Gasteiger partial charge in [0.2, 0.25) is 0 Å². The van der Waals surface area contributed by atoms with E-state index < -0.39 is 36.4 Å². The van der Waals surface area contributed by atoms with Gasteiger partial charge in [0.25, 0.3) is 0 Å². The first-order valence-corrected chi connectivity index (χ1v) is 5.80. The summed E-state index contributed by atoms with van der Waals surface area (Å²) < 4.78 is 4.37. The van der Waals surface area contributed by atoms with Crippen molar-refractivity contribution in [2.75, 3.05) is 6.54 Å². The molecule has 0 aliphatic carbocycles. The Hall–Kier alpha value is -1.20. The van der Waals surface area contributed by atoms with E-state index in [4.69, 9.17) is 27.7 Å². The first kappa shape index (κ1) is 22.1. The van der Waals surface area contributed by atoms with Crippen LogP contribution in [0.15, 0.2) is 0 Å². The number of hydrogen-bond donors (Lipinski definition) is 6. The molecule has 0 fully saturated rings. The molecule has 0 radical (unpaired) electrons. The Bertz CT molecular complexity index is 392. The van der Waals surface area contributed by atoms with E-state index in [1.54, 1.807) is 0 Å². The van der Waals surface area contributed by atoms with Crippen molar-refractivity contribution in [3.8, 4) is 0 Å². The van der Waals surface area contributed by atoms with E-state index in [1.165, 1.54) is 0 Å². The van der Waals surface area contributed by atoms with Crippen LogP contribution in [0.5, 0.6) is 0 Å². The van der Waals surface area contributed by atoms with Crippen LogP contribution in [0.2, 0.25) is 0 Å². The normalized spacial score (nSPS) is 12.5. The Balaban J connectivity index is 0. The minimum absolute atomic E-state index is 0. The monoisotopic (exact) mass is 313 g/mol. The molecule has 0 rings (SSSR count). The van der Waals surface area contributed by atoms with Gasteiger partial charge in [0.1, 0.15) is 12.1 Å². The number of nitrogens with two attached hydrogens (primary N) is 3. The Labute approximate surface area is 143 Å². The zero-order chi connectivity index (χ0) is 15.7. The molecule has 9 N–H and O–H groups in total. The number of nitrogens with one attached hydrogen (secondary N) is 2. The summed E-state index contributed by atoms with van der Waals surface area (Å²) in [5, 5.41) is 17.9. The van der Waals surface area contributed by atoms with Gasteiger partial charge in [-0.2, -0.15) is 0 Å². The van der Waals surface area contributed by atoms with Crippen molar-refractivity contribution in [2.24, 2.45) is 17.2 Å². The van der Waals surface area contributed by atoms with Crippen molar-refractivity contribution >= 4 is 53.4 Å². The van der Waals surface area contributed by atoms with Crippen LogP contribution in [0, 0.1) is 5.41 Å². The number of ether oxygens (including phenoxy) is 1. The Morgan fingerprint density at radius 2 is 1.71 bits per heavy atom. The second-order valence-corrected chi connectivity index (χ2v) is 4.03. The number of aliphatic carboxylic acids is 1. The van der Waals surface area contributed by atoms with E-state index in [0.29, 0.717) is 13.0 Å². The molecule has 0 aromatic rings. The molecular weight excluding hydrogens is 293 g/mol. The summed E-state index contributed by atoms with van der Waals surface area (Å²) >= 11 is 0. The third-order valence-corrected chi connectivity index (χ3v) is 2.21. The number of carbonyl (C=O) groups is 3. The van der Waals surface area contributed by atoms with Crippen LogP contribution in [-0.2, 0) is 19.1 Å². The van der Waals surface area contributed by atoms with Gasteiger partial charge in [0.15, 0.2) is 5.96 Å². The average Bonchev–Trinajstić information content (AvgIpc) is 2.32. The van der Waals surface area contributed by atoms with Gasteiger partial charge in [-0.25, -0.2) is 9.59 Å². The van der Waals surface area contributed by atoms with Gasteiger partial charge in [-0.1, -0.05) is 0 Å². The average molecular weight is 313 g/mol. The van der Waals surface area contributed by atoms with Gasteiger partial charge in [0, 0.05) is 6.54 Å². The molecule has 0 heterocycles. The number of esters is 2. The fourth-order valence-electron chi connectivity index (χ4n) is 1.18. The number of hydrogen-bond acceptors (Lipinski definition) is 7. The van der Waals surface area contributed by atoms with E-state index in [1.807, 2.05) is 0 Å². The number of guanidine groups is 1. The Morgan fingerprint density at radius 3 is 2.19 bits per heavy atom. The maximum absolute atomic E-state index is 11.4. The molecule has 0 amide bonds. The second kappa shape index (κ2) is 11.5. The summed E-state index contributed by atoms with van der Waals surface area (Å²) in [7, 11) is 0. The molecule has 0 unspecified atom stereocenters. The summed E-state index contributed by atoms with van der Waals surface area (Å²) in [6.07, 6.45) is 0.00958. The van der Waals surface area contributed by atoms with Crippen molar-refractivity contribution in [1.29, 1.82) is 5.41 Å². The fraction of sp³-hybridized carbons (Fsp3) is 0.600. The standard InChI is InChI=1S/C10H19N5O5.Na.H/c11-5(2-1-3-15-10(13)14)8(18)20-9(19)6(12)4-7(16)17;;/h5-6H,1-4,11-12H2,(H,16,17)(H4,13,14,15);;/t5-,6-;;/m0../s1. The van der Waals surface area contributed by atoms with Gasteiger partial charge in [-0.05, 0) is 12.8 Å². The van der Waals surface area contributed by atoms with Gasteiger partial charge in [0.05, 0.1) is 6.42 Å². The molecule has 0 saturated carbocycles. The Kier molecular flexibility index (Phi) is 12.1. The van der Waals surface area contributed by atoms with Crippen molar-refractivity contribution < 1.29 is 24.2 Å². The predicted molar refractivity (Wildman–Crippen MR) is 75.6 cm³/mol. The van der Waals surface area contributed by atoms with E-state index in [2.05, 4.69) is 10.1 Å². The quantitative estimate of drug-likeness (QED) is 0.0667. The van der Waals surface area contributed by atoms with E-state index >= 15 is 0 Å². The van der Waals surface area contributed by atoms with Crippen LogP contribution >= 0.6 is 0 Å². The molecule has 0 aromatic heterocycles. The summed E-state index contributed by atoms with van der Waals surface area (Å²) in [5.74, 6) is -3.58. The van der Waals surface area contributed by atoms with E-state index in [9.17, 15) is 14.4 Å². The van der Waals surface area contributed by atoms with Gasteiger partial charge >= 0.3 is 47.5 Å².